The zero-order valence-corrected chi connectivity index (χ0v) is 22.0. The zero-order valence-electron chi connectivity index (χ0n) is 19.8. The van der Waals surface area contributed by atoms with Crippen molar-refractivity contribution in [3.63, 3.8) is 0 Å². The van der Waals surface area contributed by atoms with Gasteiger partial charge in [-0.3, -0.25) is 0 Å². The van der Waals surface area contributed by atoms with Crippen LogP contribution in [0.3, 0.4) is 0 Å². The summed E-state index contributed by atoms with van der Waals surface area (Å²) in [5.41, 5.74) is 5.74. The molecule has 0 aliphatic heterocycles. The maximum Gasteiger partial charge on any atom is -1.00 e. The summed E-state index contributed by atoms with van der Waals surface area (Å²) in [6, 6.07) is 41.0. The Hall–Kier alpha value is -2.47. The first kappa shape index (κ1) is 22.3. The van der Waals surface area contributed by atoms with E-state index in [1.165, 1.54) is 22.3 Å². The minimum Gasteiger partial charge on any atom is -1.00 e. The molecule has 2 atom stereocenters. The molecule has 4 aromatic carbocycles. The van der Waals surface area contributed by atoms with E-state index in [0.29, 0.717) is 7.25 Å². The third kappa shape index (κ3) is 3.06. The van der Waals surface area contributed by atoms with E-state index in [2.05, 4.69) is 138 Å². The average Bonchev–Trinajstić information content (AvgIpc) is 3.50. The Morgan fingerprint density at radius 1 is 0.515 bits per heavy atom. The van der Waals surface area contributed by atoms with Gasteiger partial charge in [-0.05, 0) is 0 Å². The molecule has 4 aromatic rings. The Labute approximate surface area is 205 Å². The van der Waals surface area contributed by atoms with Gasteiger partial charge in [0.25, 0.3) is 0 Å². The molecule has 0 bridgehead atoms. The van der Waals surface area contributed by atoms with E-state index < -0.39 is 18.8 Å². The first-order valence-electron chi connectivity index (χ1n) is 11.5. The fraction of sp³-hybridized carbons (Fsp3) is 0.0968. The molecule has 2 aliphatic carbocycles. The molecule has 0 N–H and O–H groups in total. The van der Waals surface area contributed by atoms with Crippen molar-refractivity contribution < 1.29 is 20.2 Å². The van der Waals surface area contributed by atoms with Crippen molar-refractivity contribution in [1.29, 1.82) is 0 Å². The van der Waals surface area contributed by atoms with Crippen LogP contribution in [0, 0.1) is 0 Å². The Bertz CT molecular complexity index is 1260. The predicted octanol–water partition coefficient (Wildman–Crippen LogP) is 7.45. The maximum absolute atomic E-state index is 4.17. The van der Waals surface area contributed by atoms with Crippen molar-refractivity contribution in [1.82, 2.24) is 0 Å². The van der Waals surface area contributed by atoms with E-state index in [-0.39, 0.29) is 13.8 Å². The van der Waals surface area contributed by atoms with E-state index >= 15 is 0 Å². The standard InChI is InChI=1S/2C9H7.2C6H5.CH3.ClH.Zr.H/c2*1-2-5-9-7-3-6-8(9)4-1;2*1-2-4-6-5-3-1;;;;/h2*1-7H;2*1-5H;1H3;1H;;/q;;;;;;;-1. The van der Waals surface area contributed by atoms with Crippen molar-refractivity contribution >= 4 is 31.1 Å². The van der Waals surface area contributed by atoms with Crippen LogP contribution in [0.25, 0.3) is 12.2 Å². The van der Waals surface area contributed by atoms with Gasteiger partial charge < -0.3 is 1.43 Å². The Morgan fingerprint density at radius 3 is 1.30 bits per heavy atom. The molecule has 2 heteroatoms. The van der Waals surface area contributed by atoms with Crippen LogP contribution in [0.15, 0.2) is 121 Å². The third-order valence-corrected chi connectivity index (χ3v) is 27.8. The van der Waals surface area contributed by atoms with Crippen LogP contribution in [0.1, 0.15) is 30.9 Å². The first-order chi connectivity index (χ1) is 15.7. The summed E-state index contributed by atoms with van der Waals surface area (Å²) >= 11 is -4.17. The van der Waals surface area contributed by atoms with Crippen LogP contribution < -0.4 is 6.54 Å². The van der Waals surface area contributed by atoms with Crippen molar-refractivity contribution in [3.05, 3.63) is 144 Å². The second-order valence-electron chi connectivity index (χ2n) is 9.61. The Morgan fingerprint density at radius 2 is 0.879 bits per heavy atom. The van der Waals surface area contributed by atoms with Crippen molar-refractivity contribution in [2.45, 2.75) is 11.9 Å². The first-order valence-corrected chi connectivity index (χ1v) is 19.3. The molecule has 0 amide bonds. The molecule has 165 valence electrons. The fourth-order valence-electron chi connectivity index (χ4n) is 6.64. The molecule has 2 unspecified atom stereocenters. The van der Waals surface area contributed by atoms with Crippen LogP contribution in [-0.4, -0.2) is 0 Å². The molecule has 0 heterocycles. The number of benzene rings is 4. The van der Waals surface area contributed by atoms with E-state index in [0.717, 1.165) is 0 Å². The van der Waals surface area contributed by atoms with E-state index in [4.69, 9.17) is 0 Å². The molecule has 0 nitrogen and oxygen atoms in total. The van der Waals surface area contributed by atoms with Gasteiger partial charge in [-0.25, -0.2) is 0 Å². The quantitative estimate of drug-likeness (QED) is 0.258. The van der Waals surface area contributed by atoms with Gasteiger partial charge in [0.15, 0.2) is 0 Å². The molecular weight excluding hydrogens is 499 g/mol. The summed E-state index contributed by atoms with van der Waals surface area (Å²) in [7, 11) is 0. The summed E-state index contributed by atoms with van der Waals surface area (Å²) in [5, 5.41) is 0. The number of allylic oxidation sites excluding steroid dienone is 2. The molecular formula is C31H29ClZr-. The molecule has 0 fully saturated rings. The summed E-state index contributed by atoms with van der Waals surface area (Å²) in [6.45, 7) is 0. The number of hydrogen-bond donors (Lipinski definition) is 0. The van der Waals surface area contributed by atoms with Crippen molar-refractivity contribution in [2.24, 2.45) is 0 Å². The van der Waals surface area contributed by atoms with Crippen LogP contribution in [0.4, 0.5) is 0 Å². The van der Waals surface area contributed by atoms with E-state index in [1.807, 2.05) is 0 Å². The molecule has 2 aliphatic rings. The van der Waals surface area contributed by atoms with Crippen molar-refractivity contribution in [2.75, 3.05) is 0 Å². The largest absolute Gasteiger partial charge is 1.00 e. The summed E-state index contributed by atoms with van der Waals surface area (Å²) in [5.74, 6) is 0. The second-order valence-corrected chi connectivity index (χ2v) is 25.1. The summed E-state index contributed by atoms with van der Waals surface area (Å²) in [6.07, 6.45) is 9.80. The topological polar surface area (TPSA) is 0 Å². The SMILES string of the molecule is Cl.[CH3][Zr]([c]1ccccc1)([c]1ccccc1)([CH]1C=Cc2ccccc21)[CH]1C=Cc2ccccc21.[H-]. The van der Waals surface area contributed by atoms with Gasteiger partial charge in [0.1, 0.15) is 0 Å². The summed E-state index contributed by atoms with van der Waals surface area (Å²) < 4.78 is 6.62. The molecule has 6 rings (SSSR count). The minimum absolute atomic E-state index is 0. The van der Waals surface area contributed by atoms with Crippen LogP contribution in [0.2, 0.25) is 4.63 Å². The smallest absolute Gasteiger partial charge is 1.00 e. The zero-order chi connectivity index (χ0) is 21.6. The van der Waals surface area contributed by atoms with Gasteiger partial charge in [0, 0.05) is 0 Å². The van der Waals surface area contributed by atoms with Crippen molar-refractivity contribution in [3.8, 4) is 0 Å². The van der Waals surface area contributed by atoms with Gasteiger partial charge in [0.2, 0.25) is 0 Å². The molecule has 0 saturated carbocycles. The number of fused-ring (bicyclic) bond motifs is 2. The maximum atomic E-state index is 2.71. The third-order valence-electron chi connectivity index (χ3n) is 8.28. The monoisotopic (exact) mass is 526 g/mol. The Kier molecular flexibility index (Phi) is 5.68. The van der Waals surface area contributed by atoms with Gasteiger partial charge in [0.05, 0.1) is 0 Å². The molecule has 0 radical (unpaired) electrons. The molecule has 0 aromatic heterocycles. The fourth-order valence-corrected chi connectivity index (χ4v) is 25.4. The van der Waals surface area contributed by atoms with Gasteiger partial charge >= 0.3 is 193 Å². The molecule has 0 saturated heterocycles. The molecule has 33 heavy (non-hydrogen) atoms. The van der Waals surface area contributed by atoms with Crippen LogP contribution in [0.5, 0.6) is 0 Å². The van der Waals surface area contributed by atoms with Crippen LogP contribution >= 0.6 is 12.4 Å². The number of rotatable bonds is 4. The van der Waals surface area contributed by atoms with E-state index in [1.54, 1.807) is 6.54 Å². The van der Waals surface area contributed by atoms with Gasteiger partial charge in [-0.2, -0.15) is 0 Å². The number of hydrogen-bond acceptors (Lipinski definition) is 0. The van der Waals surface area contributed by atoms with Gasteiger partial charge in [-0.15, -0.1) is 12.4 Å². The van der Waals surface area contributed by atoms with Gasteiger partial charge in [-0.1, -0.05) is 0 Å². The minimum atomic E-state index is -4.17. The molecule has 0 spiro atoms. The normalized spacial score (nSPS) is 19.2. The van der Waals surface area contributed by atoms with E-state index in [9.17, 15) is 0 Å². The average molecular weight is 528 g/mol. The predicted molar refractivity (Wildman–Crippen MR) is 143 cm³/mol. The van der Waals surface area contributed by atoms with Crippen LogP contribution in [-0.2, 0) is 18.8 Å². The number of halogens is 1. The second kappa shape index (κ2) is 8.39. The summed E-state index contributed by atoms with van der Waals surface area (Å²) in [4.78, 5) is 0. The Balaban J connectivity index is 0.00000137.